The molecule has 1 aliphatic heterocycles. The van der Waals surface area contributed by atoms with E-state index in [1.54, 1.807) is 25.1 Å². The Morgan fingerprint density at radius 1 is 1.11 bits per heavy atom. The van der Waals surface area contributed by atoms with Crippen LogP contribution in [0.1, 0.15) is 16.7 Å². The molecule has 11 heteroatoms. The van der Waals surface area contributed by atoms with E-state index in [4.69, 9.17) is 9.47 Å². The van der Waals surface area contributed by atoms with Crippen molar-refractivity contribution in [2.75, 3.05) is 18.0 Å². The first-order valence-corrected chi connectivity index (χ1v) is 12.3. The van der Waals surface area contributed by atoms with Crippen LogP contribution in [-0.2, 0) is 27.5 Å². The van der Waals surface area contributed by atoms with Crippen LogP contribution in [0.5, 0.6) is 11.5 Å². The number of hydrogen-bond donors (Lipinski definition) is 1. The Hall–Kier alpha value is -3.73. The van der Waals surface area contributed by atoms with Crippen LogP contribution in [-0.4, -0.2) is 34.1 Å². The third-order valence-electron chi connectivity index (χ3n) is 5.64. The molecule has 1 unspecified atom stereocenters. The molecule has 0 saturated carbocycles. The number of sulfonamides is 1. The van der Waals surface area contributed by atoms with Gasteiger partial charge in [-0.15, -0.1) is 0 Å². The summed E-state index contributed by atoms with van der Waals surface area (Å²) in [6.07, 6.45) is -5.73. The molecule has 1 aliphatic rings. The minimum absolute atomic E-state index is 0.000722. The Morgan fingerprint density at radius 2 is 1.83 bits per heavy atom. The molecule has 3 aromatic carbocycles. The molecule has 1 heterocycles. The lowest BCUT2D eigenvalue weighted by molar-refractivity contribution is -0.137. The predicted molar refractivity (Wildman–Crippen MR) is 126 cm³/mol. The van der Waals surface area contributed by atoms with Gasteiger partial charge in [-0.2, -0.15) is 13.2 Å². The van der Waals surface area contributed by atoms with Crippen LogP contribution in [0.25, 0.3) is 0 Å². The molecule has 1 N–H and O–H groups in total. The van der Waals surface area contributed by atoms with E-state index < -0.39 is 33.8 Å². The molecule has 0 fully saturated rings. The Bertz CT molecular complexity index is 1380. The maximum atomic E-state index is 13.5. The van der Waals surface area contributed by atoms with Crippen molar-refractivity contribution < 1.29 is 35.9 Å². The van der Waals surface area contributed by atoms with Crippen LogP contribution in [0.15, 0.2) is 71.6 Å². The van der Waals surface area contributed by atoms with Gasteiger partial charge >= 0.3 is 6.18 Å². The number of halogens is 3. The zero-order valence-electron chi connectivity index (χ0n) is 19.4. The molecule has 0 saturated heterocycles. The van der Waals surface area contributed by atoms with E-state index in [2.05, 4.69) is 5.32 Å². The number of carbonyl (C=O) groups is 1. The van der Waals surface area contributed by atoms with Crippen LogP contribution < -0.4 is 19.1 Å². The van der Waals surface area contributed by atoms with E-state index in [-0.39, 0.29) is 35.0 Å². The Morgan fingerprint density at radius 3 is 2.50 bits per heavy atom. The van der Waals surface area contributed by atoms with Gasteiger partial charge in [-0.25, -0.2) is 8.42 Å². The number of carbonyl (C=O) groups excluding carboxylic acids is 1. The van der Waals surface area contributed by atoms with Gasteiger partial charge in [0.05, 0.1) is 29.8 Å². The lowest BCUT2D eigenvalue weighted by Crippen LogP contribution is -2.50. The van der Waals surface area contributed by atoms with Crippen LogP contribution in [0.4, 0.5) is 18.9 Å². The maximum Gasteiger partial charge on any atom is 0.416 e. The minimum Gasteiger partial charge on any atom is -0.497 e. The average molecular weight is 521 g/mol. The summed E-state index contributed by atoms with van der Waals surface area (Å²) in [5.41, 5.74) is 0.490. The summed E-state index contributed by atoms with van der Waals surface area (Å²) in [6.45, 7) is 1.29. The Labute approximate surface area is 206 Å². The predicted octanol–water partition coefficient (Wildman–Crippen LogP) is 4.30. The van der Waals surface area contributed by atoms with Crippen LogP contribution in [0.3, 0.4) is 0 Å². The summed E-state index contributed by atoms with van der Waals surface area (Å²) < 4.78 is 78.0. The molecule has 1 atom stereocenters. The summed E-state index contributed by atoms with van der Waals surface area (Å²) in [5.74, 6) is 0.0238. The minimum atomic E-state index is -4.51. The molecular weight excluding hydrogens is 497 g/mol. The normalized spacial score (nSPS) is 15.6. The standard InChI is InChI=1S/C25H23F3N2O5S/c1-16-6-11-22-21(12-16)30(36(32,33)20-9-7-19(34-2)8-10-20)15-23(35-22)24(31)29-14-17-4-3-5-18(13-17)25(26,27)28/h3-13,23H,14-15H2,1-2H3,(H,29,31). The van der Waals surface area contributed by atoms with Gasteiger partial charge in [-0.1, -0.05) is 18.2 Å². The van der Waals surface area contributed by atoms with Crippen LogP contribution in [0, 0.1) is 6.92 Å². The summed E-state index contributed by atoms with van der Waals surface area (Å²) in [6, 6.07) is 15.4. The second-order valence-corrected chi connectivity index (χ2v) is 10.1. The van der Waals surface area contributed by atoms with Crippen molar-refractivity contribution in [3.63, 3.8) is 0 Å². The van der Waals surface area contributed by atoms with E-state index >= 15 is 0 Å². The number of rotatable bonds is 6. The molecule has 4 rings (SSSR count). The van der Waals surface area contributed by atoms with Crippen molar-refractivity contribution in [3.05, 3.63) is 83.4 Å². The number of aryl methyl sites for hydroxylation is 1. The highest BCUT2D eigenvalue weighted by Gasteiger charge is 2.38. The molecule has 7 nitrogen and oxygen atoms in total. The maximum absolute atomic E-state index is 13.5. The molecule has 3 aromatic rings. The topological polar surface area (TPSA) is 84.9 Å². The molecule has 0 radical (unpaired) electrons. The van der Waals surface area contributed by atoms with Crippen molar-refractivity contribution in [2.45, 2.75) is 30.6 Å². The Kier molecular flexibility index (Phi) is 6.85. The van der Waals surface area contributed by atoms with E-state index in [0.717, 1.165) is 22.0 Å². The molecule has 0 spiro atoms. The average Bonchev–Trinajstić information content (AvgIpc) is 2.86. The van der Waals surface area contributed by atoms with Crippen molar-refractivity contribution in [1.29, 1.82) is 0 Å². The Balaban J connectivity index is 1.59. The smallest absolute Gasteiger partial charge is 0.416 e. The van der Waals surface area contributed by atoms with Gasteiger partial charge in [-0.3, -0.25) is 9.10 Å². The van der Waals surface area contributed by atoms with Crippen molar-refractivity contribution in [1.82, 2.24) is 5.32 Å². The summed E-state index contributed by atoms with van der Waals surface area (Å²) in [5, 5.41) is 2.55. The van der Waals surface area contributed by atoms with Crippen molar-refractivity contribution >= 4 is 21.6 Å². The van der Waals surface area contributed by atoms with Crippen molar-refractivity contribution in [3.8, 4) is 11.5 Å². The number of ether oxygens (including phenoxy) is 2. The molecule has 0 bridgehead atoms. The highest BCUT2D eigenvalue weighted by Crippen LogP contribution is 2.38. The van der Waals surface area contributed by atoms with Gasteiger partial charge in [0.25, 0.3) is 15.9 Å². The first kappa shape index (κ1) is 25.4. The van der Waals surface area contributed by atoms with Gasteiger partial charge in [0.1, 0.15) is 11.5 Å². The number of nitrogens with one attached hydrogen (secondary N) is 1. The fraction of sp³-hybridized carbons (Fsp3) is 0.240. The summed E-state index contributed by atoms with van der Waals surface area (Å²) >= 11 is 0. The molecule has 190 valence electrons. The number of fused-ring (bicyclic) bond motifs is 1. The largest absolute Gasteiger partial charge is 0.497 e. The second-order valence-electron chi connectivity index (χ2n) is 8.21. The quantitative estimate of drug-likeness (QED) is 0.524. The number of methoxy groups -OCH3 is 1. The number of benzene rings is 3. The zero-order valence-corrected chi connectivity index (χ0v) is 20.2. The van der Waals surface area contributed by atoms with E-state index in [0.29, 0.717) is 5.75 Å². The fourth-order valence-electron chi connectivity index (χ4n) is 3.76. The number of amides is 1. The second kappa shape index (κ2) is 9.73. The van der Waals surface area contributed by atoms with Gasteiger partial charge < -0.3 is 14.8 Å². The third kappa shape index (κ3) is 5.25. The van der Waals surface area contributed by atoms with E-state index in [9.17, 15) is 26.4 Å². The van der Waals surface area contributed by atoms with Gasteiger partial charge in [0, 0.05) is 6.54 Å². The molecule has 0 aliphatic carbocycles. The lowest BCUT2D eigenvalue weighted by Gasteiger charge is -2.35. The number of nitrogens with zero attached hydrogens (tertiary/aromatic N) is 1. The number of anilines is 1. The van der Waals surface area contributed by atoms with Gasteiger partial charge in [0.15, 0.2) is 6.10 Å². The van der Waals surface area contributed by atoms with Crippen molar-refractivity contribution in [2.24, 2.45) is 0 Å². The molecule has 1 amide bonds. The number of hydrogen-bond acceptors (Lipinski definition) is 5. The first-order valence-electron chi connectivity index (χ1n) is 10.9. The van der Waals surface area contributed by atoms with Gasteiger partial charge in [-0.05, 0) is 66.6 Å². The van der Waals surface area contributed by atoms with Gasteiger partial charge in [0.2, 0.25) is 0 Å². The highest BCUT2D eigenvalue weighted by atomic mass is 32.2. The monoisotopic (exact) mass is 520 g/mol. The molecule has 36 heavy (non-hydrogen) atoms. The first-order chi connectivity index (χ1) is 17.0. The summed E-state index contributed by atoms with van der Waals surface area (Å²) in [7, 11) is -2.61. The van der Waals surface area contributed by atoms with E-state index in [1.165, 1.54) is 43.5 Å². The molecule has 0 aromatic heterocycles. The van der Waals surface area contributed by atoms with Crippen LogP contribution >= 0.6 is 0 Å². The highest BCUT2D eigenvalue weighted by molar-refractivity contribution is 7.92. The molecular formula is C25H23F3N2O5S. The fourth-order valence-corrected chi connectivity index (χ4v) is 5.23. The zero-order chi connectivity index (χ0) is 26.1. The number of alkyl halides is 3. The third-order valence-corrected chi connectivity index (χ3v) is 7.44. The SMILES string of the molecule is COc1ccc(S(=O)(=O)N2CC(C(=O)NCc3cccc(C(F)(F)F)c3)Oc3ccc(C)cc32)cc1. The van der Waals surface area contributed by atoms with E-state index in [1.807, 2.05) is 0 Å². The summed E-state index contributed by atoms with van der Waals surface area (Å²) in [4.78, 5) is 12.9. The van der Waals surface area contributed by atoms with Crippen LogP contribution in [0.2, 0.25) is 0 Å². The lowest BCUT2D eigenvalue weighted by atomic mass is 10.1.